The second-order valence-electron chi connectivity index (χ2n) is 13.3. The number of para-hydroxylation sites is 1. The van der Waals surface area contributed by atoms with Gasteiger partial charge in [0.05, 0.1) is 6.42 Å². The van der Waals surface area contributed by atoms with Crippen LogP contribution in [-0.2, 0) is 19.8 Å². The molecule has 0 saturated carbocycles. The third-order valence-electron chi connectivity index (χ3n) is 8.21. The number of carbonyl (C=O) groups excluding carboxylic acids is 4. The van der Waals surface area contributed by atoms with Gasteiger partial charge >= 0.3 is 6.17 Å². The molecule has 0 radical (unpaired) electrons. The molecule has 2 aliphatic rings. The average Bonchev–Trinajstić information content (AvgIpc) is 3.47. The number of anilines is 1. The first-order chi connectivity index (χ1) is 20.2. The minimum Gasteiger partial charge on any atom is -0.340 e. The Morgan fingerprint density at radius 3 is 2.42 bits per heavy atom. The van der Waals surface area contributed by atoms with Crippen molar-refractivity contribution in [3.63, 3.8) is 0 Å². The molecule has 1 fully saturated rings. The van der Waals surface area contributed by atoms with Crippen LogP contribution in [0.5, 0.6) is 0 Å². The van der Waals surface area contributed by atoms with E-state index in [0.717, 1.165) is 5.56 Å². The lowest BCUT2D eigenvalue weighted by Gasteiger charge is -2.35. The molecule has 9 nitrogen and oxygen atoms in total. The fourth-order valence-electron chi connectivity index (χ4n) is 6.07. The number of carbonyl (C=O) groups is 4. The first-order valence-electron chi connectivity index (χ1n) is 14.6. The topological polar surface area (TPSA) is 103 Å². The van der Waals surface area contributed by atoms with Crippen LogP contribution >= 0.6 is 0 Å². The molecule has 0 unspecified atom stereocenters. The number of amides is 4. The molecule has 4 atom stereocenters. The zero-order valence-electron chi connectivity index (χ0n) is 25.6. The Morgan fingerprint density at radius 2 is 1.81 bits per heavy atom. The first kappa shape index (κ1) is 31.7. The van der Waals surface area contributed by atoms with Gasteiger partial charge in [0.1, 0.15) is 23.3 Å². The van der Waals surface area contributed by atoms with Crippen molar-refractivity contribution in [1.29, 1.82) is 0 Å². The summed E-state index contributed by atoms with van der Waals surface area (Å²) < 4.78 is 13.4. The molecule has 10 heteroatoms. The van der Waals surface area contributed by atoms with Crippen LogP contribution in [0.2, 0.25) is 0 Å². The number of hydrogen-bond acceptors (Lipinski definition) is 4. The third-order valence-corrected chi connectivity index (χ3v) is 8.21. The lowest BCUT2D eigenvalue weighted by molar-refractivity contribution is -0.146. The van der Waals surface area contributed by atoms with Crippen molar-refractivity contribution in [3.05, 3.63) is 76.9 Å². The van der Waals surface area contributed by atoms with Gasteiger partial charge in [0, 0.05) is 24.8 Å². The maximum absolute atomic E-state index is 14.3. The molecular formula is C33H40FN5O4. The van der Waals surface area contributed by atoms with E-state index in [-0.39, 0.29) is 35.8 Å². The van der Waals surface area contributed by atoms with Crippen LogP contribution in [0.1, 0.15) is 69.8 Å². The second-order valence-corrected chi connectivity index (χ2v) is 13.3. The van der Waals surface area contributed by atoms with E-state index in [2.05, 4.69) is 15.5 Å². The maximum Gasteiger partial charge on any atom is 0.302 e. The molecule has 1 spiro atoms. The van der Waals surface area contributed by atoms with Gasteiger partial charge in [-0.2, -0.15) is 0 Å². The van der Waals surface area contributed by atoms with Gasteiger partial charge in [-0.05, 0) is 60.1 Å². The van der Waals surface area contributed by atoms with E-state index in [1.807, 2.05) is 58.9 Å². The summed E-state index contributed by atoms with van der Waals surface area (Å²) in [6.07, 6.45) is -0.0877. The second kappa shape index (κ2) is 12.2. The predicted octanol–water partition coefficient (Wildman–Crippen LogP) is 4.60. The lowest BCUT2D eigenvalue weighted by atomic mass is 9.80. The van der Waals surface area contributed by atoms with Crippen LogP contribution in [0.25, 0.3) is 4.85 Å². The SMILES string of the molecule is [C-]#[N+][C@@H]1C[C@@]2(CN1C(=O)[C@H](CC(C)C)N(C)C(=O)[C@H](CC(C)(C)C)NC(=O)c1ccc(F)cc1)C(=O)Nc1ccccc12. The number of rotatable bonds is 8. The highest BCUT2D eigenvalue weighted by Gasteiger charge is 2.59. The molecule has 2 aliphatic heterocycles. The summed E-state index contributed by atoms with van der Waals surface area (Å²) in [5.74, 6) is -2.06. The highest BCUT2D eigenvalue weighted by molar-refractivity contribution is 6.07. The van der Waals surface area contributed by atoms with Gasteiger partial charge in [0.25, 0.3) is 11.8 Å². The third kappa shape index (κ3) is 6.56. The van der Waals surface area contributed by atoms with E-state index < -0.39 is 47.2 Å². The summed E-state index contributed by atoms with van der Waals surface area (Å²) in [7, 11) is 1.54. The number of halogens is 1. The van der Waals surface area contributed by atoms with E-state index in [4.69, 9.17) is 6.57 Å². The molecule has 2 heterocycles. The van der Waals surface area contributed by atoms with Crippen molar-refractivity contribution in [1.82, 2.24) is 15.1 Å². The quantitative estimate of drug-likeness (QED) is 0.440. The molecular weight excluding hydrogens is 549 g/mol. The van der Waals surface area contributed by atoms with E-state index in [0.29, 0.717) is 18.5 Å². The van der Waals surface area contributed by atoms with Crippen molar-refractivity contribution < 1.29 is 23.6 Å². The molecule has 228 valence electrons. The van der Waals surface area contributed by atoms with Crippen LogP contribution in [0.15, 0.2) is 48.5 Å². The maximum atomic E-state index is 14.3. The smallest absolute Gasteiger partial charge is 0.302 e. The lowest BCUT2D eigenvalue weighted by Crippen LogP contribution is -2.56. The molecule has 4 amide bonds. The molecule has 2 N–H and O–H groups in total. The Hall–Kier alpha value is -4.26. The largest absolute Gasteiger partial charge is 0.340 e. The average molecular weight is 590 g/mol. The minimum absolute atomic E-state index is 0.0255. The Labute approximate surface area is 252 Å². The summed E-state index contributed by atoms with van der Waals surface area (Å²) >= 11 is 0. The van der Waals surface area contributed by atoms with Crippen LogP contribution in [-0.4, -0.2) is 65.3 Å². The van der Waals surface area contributed by atoms with E-state index in [1.54, 1.807) is 7.05 Å². The Balaban J connectivity index is 1.62. The van der Waals surface area contributed by atoms with Gasteiger partial charge in [-0.3, -0.25) is 28.9 Å². The van der Waals surface area contributed by atoms with Crippen LogP contribution in [0.3, 0.4) is 0 Å². The van der Waals surface area contributed by atoms with E-state index >= 15 is 0 Å². The van der Waals surface area contributed by atoms with Gasteiger partial charge in [0.15, 0.2) is 0 Å². The number of benzene rings is 2. The zero-order chi connectivity index (χ0) is 31.7. The van der Waals surface area contributed by atoms with Crippen LogP contribution in [0, 0.1) is 23.7 Å². The van der Waals surface area contributed by atoms with E-state index in [1.165, 1.54) is 34.1 Å². The molecule has 0 aromatic heterocycles. The van der Waals surface area contributed by atoms with Crippen molar-refractivity contribution in [2.75, 3.05) is 18.9 Å². The van der Waals surface area contributed by atoms with Gasteiger partial charge in [-0.15, -0.1) is 0 Å². The Kier molecular flexibility index (Phi) is 8.95. The molecule has 2 aromatic rings. The minimum atomic E-state index is -1.04. The zero-order valence-corrected chi connectivity index (χ0v) is 25.6. The summed E-state index contributed by atoms with van der Waals surface area (Å²) in [6.45, 7) is 17.6. The fourth-order valence-corrected chi connectivity index (χ4v) is 6.07. The van der Waals surface area contributed by atoms with Crippen molar-refractivity contribution in [2.24, 2.45) is 11.3 Å². The normalized spacial score (nSPS) is 20.8. The number of nitrogens with zero attached hydrogens (tertiary/aromatic N) is 3. The number of likely N-dealkylation sites (N-methyl/N-ethyl adjacent to an activating group) is 1. The van der Waals surface area contributed by atoms with Gasteiger partial charge in [-0.25, -0.2) is 11.0 Å². The number of likely N-dealkylation sites (tertiary alicyclic amines) is 1. The molecule has 2 aromatic carbocycles. The van der Waals surface area contributed by atoms with Crippen molar-refractivity contribution in [2.45, 2.75) is 77.5 Å². The molecule has 43 heavy (non-hydrogen) atoms. The molecule has 0 bridgehead atoms. The fraction of sp³-hybridized carbons (Fsp3) is 0.485. The molecule has 1 saturated heterocycles. The van der Waals surface area contributed by atoms with Gasteiger partial charge in [-0.1, -0.05) is 52.8 Å². The number of hydrogen-bond donors (Lipinski definition) is 2. The van der Waals surface area contributed by atoms with Crippen molar-refractivity contribution >= 4 is 29.3 Å². The summed E-state index contributed by atoms with van der Waals surface area (Å²) in [6, 6.07) is 10.5. The molecule has 0 aliphatic carbocycles. The van der Waals surface area contributed by atoms with Crippen molar-refractivity contribution in [3.8, 4) is 0 Å². The summed E-state index contributed by atoms with van der Waals surface area (Å²) in [5.41, 5.74) is 0.266. The monoisotopic (exact) mass is 589 g/mol. The van der Waals surface area contributed by atoms with Gasteiger partial charge in [0.2, 0.25) is 11.8 Å². The standard InChI is InChI=1S/C33H40FN5O4/c1-20(2)16-26(30(42)39-19-33(18-27(39)35-6)23-10-8-9-11-24(23)37-31(33)43)38(7)29(41)25(17-32(3,4)5)36-28(40)21-12-14-22(34)15-13-21/h8-15,20,25-27H,16-19H2,1-5,7H3,(H,36,40)(H,37,43)/t25-,26-,27-,33-/m0/s1. The Morgan fingerprint density at radius 1 is 1.16 bits per heavy atom. The highest BCUT2D eigenvalue weighted by atomic mass is 19.1. The first-order valence-corrected chi connectivity index (χ1v) is 14.6. The number of fused-ring (bicyclic) bond motifs is 2. The van der Waals surface area contributed by atoms with E-state index in [9.17, 15) is 23.6 Å². The van der Waals surface area contributed by atoms with Crippen LogP contribution < -0.4 is 10.6 Å². The Bertz CT molecular complexity index is 1440. The number of nitrogens with one attached hydrogen (secondary N) is 2. The van der Waals surface area contributed by atoms with Crippen LogP contribution in [0.4, 0.5) is 10.1 Å². The van der Waals surface area contributed by atoms with Gasteiger partial charge < -0.3 is 15.5 Å². The summed E-state index contributed by atoms with van der Waals surface area (Å²) in [5, 5.41) is 5.71. The predicted molar refractivity (Wildman–Crippen MR) is 161 cm³/mol. The molecule has 4 rings (SSSR count). The highest BCUT2D eigenvalue weighted by Crippen LogP contribution is 2.47. The summed E-state index contributed by atoms with van der Waals surface area (Å²) in [4.78, 5) is 61.2.